The number of amides is 2. The quantitative estimate of drug-likeness (QED) is 0.303. The number of para-hydroxylation sites is 1. The fourth-order valence-corrected chi connectivity index (χ4v) is 4.79. The second-order valence-electron chi connectivity index (χ2n) is 8.88. The number of carbonyl (C=O) groups is 1. The zero-order chi connectivity index (χ0) is 27.5. The van der Waals surface area contributed by atoms with E-state index in [2.05, 4.69) is 10.6 Å². The number of ether oxygens (including phenoxy) is 1. The molecule has 0 bridgehead atoms. The second-order valence-corrected chi connectivity index (χ2v) is 9.72. The Morgan fingerprint density at radius 1 is 1.10 bits per heavy atom. The molecule has 1 aliphatic heterocycles. The first-order valence-electron chi connectivity index (χ1n) is 12.1. The fraction of sp³-hybridized carbons (Fsp3) is 0.179. The average molecular weight is 568 g/mol. The van der Waals surface area contributed by atoms with Crippen molar-refractivity contribution in [1.29, 1.82) is 0 Å². The van der Waals surface area contributed by atoms with Crippen LogP contribution in [0.5, 0.6) is 5.75 Å². The van der Waals surface area contributed by atoms with E-state index in [9.17, 15) is 14.0 Å². The number of fused-ring (bicyclic) bond motifs is 1. The van der Waals surface area contributed by atoms with Crippen LogP contribution in [0.4, 0.5) is 20.8 Å². The van der Waals surface area contributed by atoms with Crippen molar-refractivity contribution < 1.29 is 13.9 Å². The first kappa shape index (κ1) is 26.5. The largest absolute Gasteiger partial charge is 0.497 e. The summed E-state index contributed by atoms with van der Waals surface area (Å²) in [6.07, 6.45) is 0.349. The number of hydrogen-bond acceptors (Lipinski definition) is 5. The van der Waals surface area contributed by atoms with E-state index in [0.29, 0.717) is 46.5 Å². The van der Waals surface area contributed by atoms with Crippen molar-refractivity contribution in [3.63, 3.8) is 0 Å². The van der Waals surface area contributed by atoms with Gasteiger partial charge in [-0.3, -0.25) is 4.79 Å². The molecule has 8 nitrogen and oxygen atoms in total. The van der Waals surface area contributed by atoms with Crippen molar-refractivity contribution in [2.45, 2.75) is 19.5 Å². The molecule has 0 fully saturated rings. The second kappa shape index (κ2) is 11.3. The molecule has 1 aromatic heterocycles. The molecule has 4 aromatic rings. The van der Waals surface area contributed by atoms with Gasteiger partial charge in [-0.2, -0.15) is 0 Å². The van der Waals surface area contributed by atoms with Gasteiger partial charge in [-0.05, 0) is 48.0 Å². The molecule has 200 valence electrons. The Morgan fingerprint density at radius 3 is 2.59 bits per heavy atom. The molecule has 0 atom stereocenters. The number of methoxy groups -OCH3 is 1. The number of benzene rings is 3. The molecule has 0 unspecified atom stereocenters. The highest BCUT2D eigenvalue weighted by molar-refractivity contribution is 6.36. The van der Waals surface area contributed by atoms with Crippen LogP contribution in [0.25, 0.3) is 5.69 Å². The van der Waals surface area contributed by atoms with Gasteiger partial charge in [0.15, 0.2) is 0 Å². The van der Waals surface area contributed by atoms with Crippen molar-refractivity contribution in [3.8, 4) is 11.4 Å². The minimum atomic E-state index is -0.573. The van der Waals surface area contributed by atoms with Crippen LogP contribution < -0.4 is 20.9 Å². The smallest absolute Gasteiger partial charge is 0.322 e. The molecular formula is C28H24Cl2FN5O3. The Hall–Kier alpha value is -4.08. The summed E-state index contributed by atoms with van der Waals surface area (Å²) in [6, 6.07) is 17.8. The van der Waals surface area contributed by atoms with E-state index in [4.69, 9.17) is 32.9 Å². The molecule has 2 N–H and O–H groups in total. The number of halogens is 3. The van der Waals surface area contributed by atoms with E-state index < -0.39 is 17.4 Å². The van der Waals surface area contributed by atoms with E-state index in [1.807, 2.05) is 24.3 Å². The molecule has 5 rings (SSSR count). The van der Waals surface area contributed by atoms with Crippen LogP contribution in [0.2, 0.25) is 10.0 Å². The minimum absolute atomic E-state index is 0.00538. The first-order chi connectivity index (χ1) is 18.8. The highest BCUT2D eigenvalue weighted by Crippen LogP contribution is 2.27. The lowest BCUT2D eigenvalue weighted by Gasteiger charge is -2.29. The fourth-order valence-electron chi connectivity index (χ4n) is 4.33. The van der Waals surface area contributed by atoms with Crippen molar-refractivity contribution >= 4 is 40.9 Å². The zero-order valence-electron chi connectivity index (χ0n) is 20.9. The van der Waals surface area contributed by atoms with Gasteiger partial charge < -0.3 is 20.3 Å². The summed E-state index contributed by atoms with van der Waals surface area (Å²) in [7, 11) is 1.59. The number of carbonyl (C=O) groups excluding carboxylic acids is 1. The highest BCUT2D eigenvalue weighted by atomic mass is 35.5. The maximum absolute atomic E-state index is 14.9. The van der Waals surface area contributed by atoms with E-state index in [1.165, 1.54) is 27.7 Å². The molecule has 0 radical (unpaired) electrons. The predicted octanol–water partition coefficient (Wildman–Crippen LogP) is 5.89. The molecule has 3 aromatic carbocycles. The third-order valence-electron chi connectivity index (χ3n) is 6.39. The van der Waals surface area contributed by atoms with E-state index in [-0.39, 0.29) is 18.2 Å². The number of nitrogens with one attached hydrogen (secondary N) is 2. The Balaban J connectivity index is 1.46. The Labute approximate surface area is 234 Å². The zero-order valence-corrected chi connectivity index (χ0v) is 22.4. The predicted molar refractivity (Wildman–Crippen MR) is 150 cm³/mol. The van der Waals surface area contributed by atoms with Crippen molar-refractivity contribution in [3.05, 3.63) is 110 Å². The molecule has 39 heavy (non-hydrogen) atoms. The molecule has 0 spiro atoms. The maximum atomic E-state index is 14.9. The summed E-state index contributed by atoms with van der Waals surface area (Å²) >= 11 is 12.1. The lowest BCUT2D eigenvalue weighted by Crippen LogP contribution is -2.43. The summed E-state index contributed by atoms with van der Waals surface area (Å²) in [4.78, 5) is 33.0. The molecular weight excluding hydrogens is 544 g/mol. The van der Waals surface area contributed by atoms with Gasteiger partial charge in [0.05, 0.1) is 41.3 Å². The topological polar surface area (TPSA) is 88.5 Å². The standard InChI is InChI=1S/C28H24Cl2FN5O3/c1-39-19-9-6-17(7-10-19)15-32-27-33-23-12-13-35(28(38)34-24-11-8-18(29)14-21(24)30)16-20(23)26(37)36(27)25-5-3-2-4-22(25)31/h2-11,14H,12-13,15-16H2,1H3,(H,32,33)(H,34,38). The van der Waals surface area contributed by atoms with E-state index in [1.54, 1.807) is 31.4 Å². The summed E-state index contributed by atoms with van der Waals surface area (Å²) in [5.74, 6) is 0.364. The van der Waals surface area contributed by atoms with Crippen LogP contribution in [0.1, 0.15) is 16.8 Å². The molecule has 2 heterocycles. The number of rotatable bonds is 6. The minimum Gasteiger partial charge on any atom is -0.497 e. The number of anilines is 2. The van der Waals surface area contributed by atoms with E-state index in [0.717, 1.165) is 11.3 Å². The van der Waals surface area contributed by atoms with Gasteiger partial charge in [0.2, 0.25) is 5.95 Å². The van der Waals surface area contributed by atoms with Gasteiger partial charge in [-0.15, -0.1) is 0 Å². The third-order valence-corrected chi connectivity index (χ3v) is 6.94. The van der Waals surface area contributed by atoms with Gasteiger partial charge in [-0.25, -0.2) is 18.7 Å². The molecule has 0 aliphatic carbocycles. The molecule has 1 aliphatic rings. The van der Waals surface area contributed by atoms with Crippen LogP contribution in [-0.2, 0) is 19.5 Å². The monoisotopic (exact) mass is 567 g/mol. The summed E-state index contributed by atoms with van der Waals surface area (Å²) < 4.78 is 21.3. The van der Waals surface area contributed by atoms with Crippen LogP contribution in [0.15, 0.2) is 71.5 Å². The molecule has 2 amide bonds. The summed E-state index contributed by atoms with van der Waals surface area (Å²) in [5.41, 5.74) is 1.80. The number of aromatic nitrogens is 2. The third kappa shape index (κ3) is 5.69. The van der Waals surface area contributed by atoms with E-state index >= 15 is 0 Å². The van der Waals surface area contributed by atoms with Crippen LogP contribution in [0.3, 0.4) is 0 Å². The van der Waals surface area contributed by atoms with Gasteiger partial charge in [0.1, 0.15) is 11.6 Å². The number of hydrogen-bond donors (Lipinski definition) is 2. The lowest BCUT2D eigenvalue weighted by atomic mass is 10.1. The average Bonchev–Trinajstić information content (AvgIpc) is 2.94. The lowest BCUT2D eigenvalue weighted by molar-refractivity contribution is 0.205. The Bertz CT molecular complexity index is 1590. The molecule has 0 saturated carbocycles. The first-order valence-corrected chi connectivity index (χ1v) is 12.9. The highest BCUT2D eigenvalue weighted by Gasteiger charge is 2.27. The summed E-state index contributed by atoms with van der Waals surface area (Å²) in [6.45, 7) is 0.684. The number of urea groups is 1. The Morgan fingerprint density at radius 2 is 1.87 bits per heavy atom. The van der Waals surface area contributed by atoms with Gasteiger partial charge in [0.25, 0.3) is 5.56 Å². The summed E-state index contributed by atoms with van der Waals surface area (Å²) in [5, 5.41) is 6.69. The van der Waals surface area contributed by atoms with Gasteiger partial charge >= 0.3 is 6.03 Å². The Kier molecular flexibility index (Phi) is 7.72. The normalized spacial score (nSPS) is 12.6. The van der Waals surface area contributed by atoms with Crippen molar-refractivity contribution in [2.75, 3.05) is 24.3 Å². The van der Waals surface area contributed by atoms with Crippen molar-refractivity contribution in [2.24, 2.45) is 0 Å². The van der Waals surface area contributed by atoms with Crippen LogP contribution >= 0.6 is 23.2 Å². The van der Waals surface area contributed by atoms with Crippen molar-refractivity contribution in [1.82, 2.24) is 14.5 Å². The molecule has 11 heteroatoms. The van der Waals surface area contributed by atoms with Crippen LogP contribution in [-0.4, -0.2) is 34.1 Å². The SMILES string of the molecule is COc1ccc(CNc2nc3c(c(=O)n2-c2ccccc2F)CN(C(=O)Nc2ccc(Cl)cc2Cl)CC3)cc1. The van der Waals surface area contributed by atoms with Gasteiger partial charge in [-0.1, -0.05) is 47.5 Å². The number of nitrogens with zero attached hydrogens (tertiary/aromatic N) is 3. The van der Waals surface area contributed by atoms with Gasteiger partial charge in [0, 0.05) is 24.5 Å². The van der Waals surface area contributed by atoms with Crippen LogP contribution in [0, 0.1) is 5.82 Å². The molecule has 0 saturated heterocycles. The maximum Gasteiger partial charge on any atom is 0.322 e.